The first-order valence-electron chi connectivity index (χ1n) is 7.08. The summed E-state index contributed by atoms with van der Waals surface area (Å²) in [5.41, 5.74) is 0.624. The zero-order valence-corrected chi connectivity index (χ0v) is 15.2. The number of anilines is 1. The van der Waals surface area contributed by atoms with E-state index in [1.165, 1.54) is 28.0 Å². The van der Waals surface area contributed by atoms with Gasteiger partial charge in [0.15, 0.2) is 4.34 Å². The van der Waals surface area contributed by atoms with Gasteiger partial charge >= 0.3 is 0 Å². The first kappa shape index (κ1) is 18.2. The monoisotopic (exact) mass is 366 g/mol. The number of thioether (sulfide) groups is 1. The number of amides is 2. The minimum Gasteiger partial charge on any atom is -0.497 e. The molecule has 0 bridgehead atoms. The molecule has 128 valence electrons. The maximum absolute atomic E-state index is 12.1. The molecule has 0 aliphatic carbocycles. The van der Waals surface area contributed by atoms with E-state index in [9.17, 15) is 9.59 Å². The molecule has 0 saturated carbocycles. The van der Waals surface area contributed by atoms with Crippen LogP contribution in [0.4, 0.5) is 5.69 Å². The number of benzene rings is 1. The second kappa shape index (κ2) is 8.65. The maximum Gasteiger partial charge on any atom is 0.243 e. The molecule has 0 aliphatic rings. The van der Waals surface area contributed by atoms with Gasteiger partial charge in [-0.05, 0) is 19.1 Å². The van der Waals surface area contributed by atoms with Crippen molar-refractivity contribution in [2.24, 2.45) is 0 Å². The summed E-state index contributed by atoms with van der Waals surface area (Å²) in [6.07, 6.45) is 0. The number of aromatic nitrogens is 2. The van der Waals surface area contributed by atoms with E-state index in [2.05, 4.69) is 15.5 Å². The standard InChI is InChI=1S/C15H18N4O3S2/c1-10-17-18-15(24-10)23-9-14(21)19(2)8-13(20)16-11-5-4-6-12(7-11)22-3/h4-7H,8-9H2,1-3H3,(H,16,20). The second-order valence-corrected chi connectivity index (χ2v) is 7.31. The van der Waals surface area contributed by atoms with Crippen LogP contribution in [0.5, 0.6) is 5.75 Å². The minimum absolute atomic E-state index is 0.0221. The highest BCUT2D eigenvalue weighted by molar-refractivity contribution is 8.01. The van der Waals surface area contributed by atoms with Crippen molar-refractivity contribution in [3.05, 3.63) is 29.3 Å². The van der Waals surface area contributed by atoms with E-state index in [4.69, 9.17) is 4.74 Å². The van der Waals surface area contributed by atoms with Crippen molar-refractivity contribution in [3.63, 3.8) is 0 Å². The fourth-order valence-electron chi connectivity index (χ4n) is 1.78. The molecule has 1 heterocycles. The van der Waals surface area contributed by atoms with E-state index in [0.29, 0.717) is 11.4 Å². The van der Waals surface area contributed by atoms with Gasteiger partial charge in [-0.1, -0.05) is 29.2 Å². The fraction of sp³-hybridized carbons (Fsp3) is 0.333. The third-order valence-corrected chi connectivity index (χ3v) is 4.94. The summed E-state index contributed by atoms with van der Waals surface area (Å²) in [5.74, 6) is 0.461. The molecule has 0 aliphatic heterocycles. The van der Waals surface area contributed by atoms with Gasteiger partial charge in [0, 0.05) is 18.8 Å². The van der Waals surface area contributed by atoms with Gasteiger partial charge in [-0.25, -0.2) is 0 Å². The van der Waals surface area contributed by atoms with Crippen LogP contribution in [-0.2, 0) is 9.59 Å². The first-order valence-corrected chi connectivity index (χ1v) is 8.89. The van der Waals surface area contributed by atoms with Crippen LogP contribution in [0.1, 0.15) is 5.01 Å². The van der Waals surface area contributed by atoms with Crippen molar-refractivity contribution in [3.8, 4) is 5.75 Å². The summed E-state index contributed by atoms with van der Waals surface area (Å²) in [4.78, 5) is 25.5. The zero-order chi connectivity index (χ0) is 17.5. The highest BCUT2D eigenvalue weighted by Crippen LogP contribution is 2.22. The molecule has 1 aromatic carbocycles. The molecule has 2 rings (SSSR count). The number of rotatable bonds is 7. The highest BCUT2D eigenvalue weighted by Gasteiger charge is 2.14. The summed E-state index contributed by atoms with van der Waals surface area (Å²) >= 11 is 2.76. The van der Waals surface area contributed by atoms with E-state index in [1.54, 1.807) is 38.4 Å². The SMILES string of the molecule is COc1cccc(NC(=O)CN(C)C(=O)CSc2nnc(C)s2)c1. The van der Waals surface area contributed by atoms with Crippen LogP contribution < -0.4 is 10.1 Å². The topological polar surface area (TPSA) is 84.4 Å². The highest BCUT2D eigenvalue weighted by atomic mass is 32.2. The molecular formula is C15H18N4O3S2. The molecule has 0 saturated heterocycles. The molecule has 1 aromatic heterocycles. The first-order chi connectivity index (χ1) is 11.5. The average Bonchev–Trinajstić information content (AvgIpc) is 2.98. The van der Waals surface area contributed by atoms with Crippen LogP contribution in [0.15, 0.2) is 28.6 Å². The fourth-order valence-corrected chi connectivity index (χ4v) is 3.53. The molecule has 0 atom stereocenters. The quantitative estimate of drug-likeness (QED) is 0.755. The number of carbonyl (C=O) groups excluding carboxylic acids is 2. The number of hydrogen-bond acceptors (Lipinski definition) is 7. The Bertz CT molecular complexity index is 720. The number of carbonyl (C=O) groups is 2. The zero-order valence-electron chi connectivity index (χ0n) is 13.6. The minimum atomic E-state index is -0.268. The molecule has 1 N–H and O–H groups in total. The van der Waals surface area contributed by atoms with Crippen LogP contribution >= 0.6 is 23.1 Å². The Morgan fingerprint density at radius 1 is 1.38 bits per heavy atom. The Morgan fingerprint density at radius 3 is 2.83 bits per heavy atom. The normalized spacial score (nSPS) is 10.3. The van der Waals surface area contributed by atoms with Crippen LogP contribution in [-0.4, -0.2) is 53.4 Å². The lowest BCUT2D eigenvalue weighted by atomic mass is 10.3. The molecule has 0 spiro atoms. The van der Waals surface area contributed by atoms with Crippen LogP contribution in [0.25, 0.3) is 0 Å². The lowest BCUT2D eigenvalue weighted by Crippen LogP contribution is -2.35. The predicted molar refractivity (Wildman–Crippen MR) is 94.6 cm³/mol. The largest absolute Gasteiger partial charge is 0.497 e. The van der Waals surface area contributed by atoms with Gasteiger partial charge in [0.2, 0.25) is 11.8 Å². The number of hydrogen-bond donors (Lipinski definition) is 1. The Morgan fingerprint density at radius 2 is 2.17 bits per heavy atom. The summed E-state index contributed by atoms with van der Waals surface area (Å²) in [5, 5.41) is 11.4. The van der Waals surface area contributed by atoms with Crippen LogP contribution in [0.2, 0.25) is 0 Å². The number of aryl methyl sites for hydroxylation is 1. The molecule has 2 amide bonds. The molecule has 7 nitrogen and oxygen atoms in total. The van der Waals surface area contributed by atoms with Gasteiger partial charge in [-0.2, -0.15) is 0 Å². The number of nitrogens with zero attached hydrogens (tertiary/aromatic N) is 3. The van der Waals surface area contributed by atoms with Gasteiger partial charge < -0.3 is 15.0 Å². The Balaban J connectivity index is 1.80. The molecule has 2 aromatic rings. The predicted octanol–water partition coefficient (Wildman–Crippen LogP) is 2.04. The van der Waals surface area contributed by atoms with Crippen molar-refractivity contribution >= 4 is 40.6 Å². The van der Waals surface area contributed by atoms with E-state index in [1.807, 2.05) is 6.92 Å². The van der Waals surface area contributed by atoms with Crippen molar-refractivity contribution < 1.29 is 14.3 Å². The smallest absolute Gasteiger partial charge is 0.243 e. The number of likely N-dealkylation sites (N-methyl/N-ethyl adjacent to an activating group) is 1. The molecule has 0 radical (unpaired) electrons. The molecule has 0 unspecified atom stereocenters. The van der Waals surface area contributed by atoms with Crippen molar-refractivity contribution in [1.82, 2.24) is 15.1 Å². The number of ether oxygens (including phenoxy) is 1. The van der Waals surface area contributed by atoms with E-state index in [-0.39, 0.29) is 24.1 Å². The maximum atomic E-state index is 12.1. The second-order valence-electron chi connectivity index (χ2n) is 4.91. The van der Waals surface area contributed by atoms with E-state index < -0.39 is 0 Å². The summed E-state index contributed by atoms with van der Waals surface area (Å²) < 4.78 is 5.85. The van der Waals surface area contributed by atoms with Gasteiger partial charge in [0.1, 0.15) is 10.8 Å². The average molecular weight is 366 g/mol. The van der Waals surface area contributed by atoms with Gasteiger partial charge in [0.05, 0.1) is 19.4 Å². The molecular weight excluding hydrogens is 348 g/mol. The molecule has 9 heteroatoms. The molecule has 24 heavy (non-hydrogen) atoms. The van der Waals surface area contributed by atoms with Crippen LogP contribution in [0, 0.1) is 6.92 Å². The van der Waals surface area contributed by atoms with Gasteiger partial charge in [0.25, 0.3) is 0 Å². The lowest BCUT2D eigenvalue weighted by Gasteiger charge is -2.16. The van der Waals surface area contributed by atoms with Gasteiger partial charge in [-0.15, -0.1) is 10.2 Å². The summed E-state index contributed by atoms with van der Waals surface area (Å²) in [6, 6.07) is 7.05. The van der Waals surface area contributed by atoms with E-state index in [0.717, 1.165) is 9.35 Å². The molecule has 0 fully saturated rings. The van der Waals surface area contributed by atoms with Gasteiger partial charge in [-0.3, -0.25) is 9.59 Å². The Labute approximate surface area is 148 Å². The lowest BCUT2D eigenvalue weighted by molar-refractivity contribution is -0.131. The number of nitrogens with one attached hydrogen (secondary N) is 1. The van der Waals surface area contributed by atoms with Crippen molar-refractivity contribution in [2.75, 3.05) is 31.8 Å². The van der Waals surface area contributed by atoms with Crippen molar-refractivity contribution in [2.45, 2.75) is 11.3 Å². The van der Waals surface area contributed by atoms with E-state index >= 15 is 0 Å². The summed E-state index contributed by atoms with van der Waals surface area (Å²) in [6.45, 7) is 1.84. The van der Waals surface area contributed by atoms with Crippen LogP contribution in [0.3, 0.4) is 0 Å². The number of methoxy groups -OCH3 is 1. The Kier molecular flexibility index (Phi) is 6.56. The third-order valence-electron chi connectivity index (χ3n) is 2.99. The van der Waals surface area contributed by atoms with Crippen molar-refractivity contribution in [1.29, 1.82) is 0 Å². The summed E-state index contributed by atoms with van der Waals surface area (Å²) in [7, 11) is 3.16. The third kappa shape index (κ3) is 5.50. The Hall–Kier alpha value is -2.13.